The first kappa shape index (κ1) is 17.9. The molecular weight excluding hydrogens is 440 g/mol. The molecule has 5 rings (SSSR count). The van der Waals surface area contributed by atoms with Crippen LogP contribution in [0.2, 0.25) is 0 Å². The lowest BCUT2D eigenvalue weighted by Gasteiger charge is -2.34. The molecule has 0 spiro atoms. The third kappa shape index (κ3) is 3.15. The number of fused-ring (bicyclic) bond motifs is 1. The Labute approximate surface area is 174 Å². The average molecular weight is 459 g/mol. The Morgan fingerprint density at radius 3 is 2.71 bits per heavy atom. The minimum Gasteiger partial charge on any atom is -0.492 e. The Morgan fingerprint density at radius 1 is 1.14 bits per heavy atom. The van der Waals surface area contributed by atoms with Crippen LogP contribution in [0.1, 0.15) is 35.7 Å². The molecule has 1 aliphatic heterocycles. The number of aromatic nitrogens is 3. The number of rotatable bonds is 4. The largest absolute Gasteiger partial charge is 0.492 e. The predicted octanol–water partition coefficient (Wildman–Crippen LogP) is 5.09. The van der Waals surface area contributed by atoms with Gasteiger partial charge in [0.15, 0.2) is 5.76 Å². The van der Waals surface area contributed by atoms with Gasteiger partial charge in [0.1, 0.15) is 0 Å². The van der Waals surface area contributed by atoms with Crippen LogP contribution in [0.3, 0.4) is 0 Å². The second kappa shape index (κ2) is 7.35. The normalized spacial score (nSPS) is 16.6. The Balaban J connectivity index is 1.60. The van der Waals surface area contributed by atoms with Crippen LogP contribution in [-0.4, -0.2) is 37.7 Å². The van der Waals surface area contributed by atoms with Crippen LogP contribution in [0.4, 0.5) is 0 Å². The minimum absolute atomic E-state index is 0.0154. The number of aromatic hydroxyl groups is 1. The fourth-order valence-corrected chi connectivity index (χ4v) is 5.35. The van der Waals surface area contributed by atoms with E-state index in [-0.39, 0.29) is 11.9 Å². The molecule has 1 fully saturated rings. The van der Waals surface area contributed by atoms with Crippen molar-refractivity contribution >= 4 is 32.2 Å². The first-order valence-electron chi connectivity index (χ1n) is 9.32. The molecule has 4 aromatic rings. The molecule has 0 aliphatic carbocycles. The van der Waals surface area contributed by atoms with E-state index >= 15 is 0 Å². The van der Waals surface area contributed by atoms with Gasteiger partial charge >= 0.3 is 0 Å². The highest BCUT2D eigenvalue weighted by molar-refractivity contribution is 9.10. The second-order valence-electron chi connectivity index (χ2n) is 6.95. The molecule has 0 unspecified atom stereocenters. The highest BCUT2D eigenvalue weighted by Gasteiger charge is 2.30. The zero-order chi connectivity index (χ0) is 19.1. The summed E-state index contributed by atoms with van der Waals surface area (Å²) in [7, 11) is 0. The topological polar surface area (TPSA) is 66.8 Å². The van der Waals surface area contributed by atoms with Gasteiger partial charge in [-0.1, -0.05) is 45.8 Å². The molecule has 3 aromatic heterocycles. The van der Waals surface area contributed by atoms with E-state index in [0.29, 0.717) is 16.5 Å². The van der Waals surface area contributed by atoms with Crippen LogP contribution in [0.5, 0.6) is 5.88 Å². The Morgan fingerprint density at radius 2 is 2.00 bits per heavy atom. The summed E-state index contributed by atoms with van der Waals surface area (Å²) >= 11 is 5.07. The van der Waals surface area contributed by atoms with Crippen molar-refractivity contribution in [2.75, 3.05) is 13.1 Å². The van der Waals surface area contributed by atoms with Crippen LogP contribution < -0.4 is 0 Å². The van der Waals surface area contributed by atoms with Crippen molar-refractivity contribution in [1.29, 1.82) is 0 Å². The van der Waals surface area contributed by atoms with Crippen molar-refractivity contribution in [2.24, 2.45) is 0 Å². The number of thiazole rings is 1. The molecular formula is C20H19BrN4O2S. The Bertz CT molecular complexity index is 1100. The van der Waals surface area contributed by atoms with Crippen molar-refractivity contribution in [3.05, 3.63) is 57.6 Å². The Hall–Kier alpha value is -2.16. The van der Waals surface area contributed by atoms with Gasteiger partial charge in [0.2, 0.25) is 16.7 Å². The summed E-state index contributed by atoms with van der Waals surface area (Å²) in [6, 6.07) is 11.9. The van der Waals surface area contributed by atoms with Gasteiger partial charge in [-0.15, -0.1) is 5.10 Å². The fraction of sp³-hybridized carbons (Fsp3) is 0.300. The van der Waals surface area contributed by atoms with E-state index in [2.05, 4.69) is 43.0 Å². The monoisotopic (exact) mass is 458 g/mol. The summed E-state index contributed by atoms with van der Waals surface area (Å²) in [6.45, 7) is 2.03. The van der Waals surface area contributed by atoms with Crippen LogP contribution in [0.25, 0.3) is 16.5 Å². The van der Waals surface area contributed by atoms with E-state index in [0.717, 1.165) is 28.0 Å². The third-order valence-electron chi connectivity index (χ3n) is 5.11. The Kier molecular flexibility index (Phi) is 4.70. The molecule has 6 nitrogen and oxygen atoms in total. The molecule has 0 bridgehead atoms. The van der Waals surface area contributed by atoms with Gasteiger partial charge in [0, 0.05) is 4.47 Å². The highest BCUT2D eigenvalue weighted by Crippen LogP contribution is 2.41. The van der Waals surface area contributed by atoms with Gasteiger partial charge in [0.05, 0.1) is 17.2 Å². The van der Waals surface area contributed by atoms with Crippen molar-refractivity contribution < 1.29 is 9.52 Å². The maximum Gasteiger partial charge on any atom is 0.230 e. The summed E-state index contributed by atoms with van der Waals surface area (Å²) in [5.74, 6) is 1.23. The van der Waals surface area contributed by atoms with E-state index in [1.807, 2.05) is 18.2 Å². The highest BCUT2D eigenvalue weighted by atomic mass is 79.9. The summed E-state index contributed by atoms with van der Waals surface area (Å²) < 4.78 is 7.94. The molecule has 1 N–H and O–H groups in total. The average Bonchev–Trinajstić information content (AvgIpc) is 3.42. The molecule has 1 aromatic carbocycles. The minimum atomic E-state index is -0.0154. The van der Waals surface area contributed by atoms with E-state index < -0.39 is 0 Å². The molecule has 1 aliphatic rings. The van der Waals surface area contributed by atoms with Gasteiger partial charge in [-0.3, -0.25) is 4.90 Å². The zero-order valence-corrected chi connectivity index (χ0v) is 17.5. The van der Waals surface area contributed by atoms with E-state index in [1.165, 1.54) is 35.1 Å². The fourth-order valence-electron chi connectivity index (χ4n) is 3.82. The number of piperidine rings is 1. The number of halogens is 1. The number of nitrogens with zero attached hydrogens (tertiary/aromatic N) is 4. The SMILES string of the molecule is Oc1c([C@@H](c2cccc(Br)c2)N2CCCCC2)sc2nc(-c3ccco3)nn12. The van der Waals surface area contributed by atoms with E-state index in [4.69, 9.17) is 4.42 Å². The summed E-state index contributed by atoms with van der Waals surface area (Å²) in [6.07, 6.45) is 5.20. The van der Waals surface area contributed by atoms with Crippen molar-refractivity contribution in [3.63, 3.8) is 0 Å². The maximum absolute atomic E-state index is 11.0. The van der Waals surface area contributed by atoms with Gasteiger partial charge in [0.25, 0.3) is 0 Å². The molecule has 8 heteroatoms. The van der Waals surface area contributed by atoms with Gasteiger partial charge in [-0.05, 0) is 55.8 Å². The number of hydrogen-bond acceptors (Lipinski definition) is 6. The van der Waals surface area contributed by atoms with Crippen LogP contribution in [0.15, 0.2) is 51.6 Å². The van der Waals surface area contributed by atoms with E-state index in [1.54, 1.807) is 12.3 Å². The van der Waals surface area contributed by atoms with Gasteiger partial charge < -0.3 is 9.52 Å². The molecule has 0 radical (unpaired) electrons. The molecule has 1 saturated heterocycles. The van der Waals surface area contributed by atoms with Crippen molar-refractivity contribution in [3.8, 4) is 17.5 Å². The molecule has 1 atom stereocenters. The summed E-state index contributed by atoms with van der Waals surface area (Å²) in [5.41, 5.74) is 1.15. The summed E-state index contributed by atoms with van der Waals surface area (Å²) in [4.78, 5) is 8.55. The van der Waals surface area contributed by atoms with Crippen LogP contribution >= 0.6 is 27.3 Å². The lowest BCUT2D eigenvalue weighted by atomic mass is 10.0. The first-order chi connectivity index (χ1) is 13.7. The second-order valence-corrected chi connectivity index (χ2v) is 8.88. The molecule has 144 valence electrons. The maximum atomic E-state index is 11.0. The summed E-state index contributed by atoms with van der Waals surface area (Å²) in [5, 5.41) is 15.5. The van der Waals surface area contributed by atoms with E-state index in [9.17, 15) is 5.11 Å². The number of hydrogen-bond donors (Lipinski definition) is 1. The van der Waals surface area contributed by atoms with Gasteiger partial charge in [-0.2, -0.15) is 9.50 Å². The first-order valence-corrected chi connectivity index (χ1v) is 10.9. The number of benzene rings is 1. The van der Waals surface area contributed by atoms with Crippen molar-refractivity contribution in [1.82, 2.24) is 19.5 Å². The van der Waals surface area contributed by atoms with Gasteiger partial charge in [-0.25, -0.2) is 0 Å². The molecule has 0 amide bonds. The van der Waals surface area contributed by atoms with Crippen LogP contribution in [-0.2, 0) is 0 Å². The van der Waals surface area contributed by atoms with Crippen LogP contribution in [0, 0.1) is 0 Å². The zero-order valence-electron chi connectivity index (χ0n) is 15.1. The number of furan rings is 1. The number of likely N-dealkylation sites (tertiary alicyclic amines) is 1. The molecule has 0 saturated carbocycles. The molecule has 28 heavy (non-hydrogen) atoms. The quantitative estimate of drug-likeness (QED) is 0.460. The standard InChI is InChI=1S/C20H19BrN4O2S/c21-14-7-4-6-13(12-14)16(24-9-2-1-3-10-24)17-19(26)25-20(28-17)22-18(23-25)15-8-5-11-27-15/h4-8,11-12,16,26H,1-3,9-10H2/t16-/m1/s1. The lowest BCUT2D eigenvalue weighted by molar-refractivity contribution is 0.186. The van der Waals surface area contributed by atoms with Crippen molar-refractivity contribution in [2.45, 2.75) is 25.3 Å². The third-order valence-corrected chi connectivity index (χ3v) is 6.68. The smallest absolute Gasteiger partial charge is 0.230 e. The lowest BCUT2D eigenvalue weighted by Crippen LogP contribution is -2.34. The predicted molar refractivity (Wildman–Crippen MR) is 112 cm³/mol. The molecule has 4 heterocycles.